The minimum Gasteiger partial charge on any atom is -0.464 e. The number of pyridine rings is 1. The van der Waals surface area contributed by atoms with Crippen molar-refractivity contribution in [1.82, 2.24) is 4.98 Å². The molecule has 0 aliphatic heterocycles. The zero-order valence-corrected chi connectivity index (χ0v) is 12.8. The summed E-state index contributed by atoms with van der Waals surface area (Å²) in [6.07, 6.45) is 1.92. The van der Waals surface area contributed by atoms with Gasteiger partial charge in [0.05, 0.1) is 12.1 Å². The number of hydrogen-bond acceptors (Lipinski definition) is 4. The van der Waals surface area contributed by atoms with Gasteiger partial charge in [0.15, 0.2) is 0 Å². The lowest BCUT2D eigenvalue weighted by molar-refractivity contribution is -0.144. The Morgan fingerprint density at radius 3 is 2.90 bits per heavy atom. The number of aryl methyl sites for hydroxylation is 1. The molecule has 1 atom stereocenters. The van der Waals surface area contributed by atoms with Gasteiger partial charge in [-0.05, 0) is 44.5 Å². The molecule has 1 aromatic carbocycles. The van der Waals surface area contributed by atoms with Crippen LogP contribution in [0.5, 0.6) is 0 Å². The number of nitrogens with zero attached hydrogens (tertiary/aromatic N) is 1. The zero-order chi connectivity index (χ0) is 15.2. The number of fused-ring (bicyclic) bond motifs is 1. The van der Waals surface area contributed by atoms with Gasteiger partial charge < -0.3 is 10.1 Å². The second-order valence-electron chi connectivity index (χ2n) is 5.25. The van der Waals surface area contributed by atoms with Gasteiger partial charge in [-0.25, -0.2) is 4.79 Å². The number of unbranched alkanes of at least 4 members (excludes halogenated alkanes) is 1. The van der Waals surface area contributed by atoms with Crippen molar-refractivity contribution in [2.45, 2.75) is 39.7 Å². The van der Waals surface area contributed by atoms with Crippen LogP contribution >= 0.6 is 0 Å². The van der Waals surface area contributed by atoms with Gasteiger partial charge in [-0.15, -0.1) is 0 Å². The van der Waals surface area contributed by atoms with E-state index in [-0.39, 0.29) is 12.0 Å². The topological polar surface area (TPSA) is 51.2 Å². The van der Waals surface area contributed by atoms with Gasteiger partial charge in [0, 0.05) is 16.8 Å². The third-order valence-electron chi connectivity index (χ3n) is 3.31. The molecule has 2 aromatic rings. The number of ether oxygens (including phenoxy) is 1. The molecule has 1 heterocycles. The Balaban J connectivity index is 2.02. The van der Waals surface area contributed by atoms with Gasteiger partial charge in [-0.1, -0.05) is 19.4 Å². The van der Waals surface area contributed by atoms with E-state index in [0.29, 0.717) is 6.61 Å². The number of carbonyl (C=O) groups excluding carboxylic acids is 1. The Morgan fingerprint density at radius 1 is 1.33 bits per heavy atom. The Kier molecular flexibility index (Phi) is 5.14. The van der Waals surface area contributed by atoms with Gasteiger partial charge in [0.1, 0.15) is 6.04 Å². The SMILES string of the molecule is CCCCOC(=O)[C@H](C)Nc1ccc2nc(C)ccc2c1. The molecule has 0 aliphatic rings. The maximum absolute atomic E-state index is 11.8. The van der Waals surface area contributed by atoms with Crippen LogP contribution in [0.25, 0.3) is 10.9 Å². The van der Waals surface area contributed by atoms with Crippen LogP contribution in [0, 0.1) is 6.92 Å². The van der Waals surface area contributed by atoms with Gasteiger partial charge in [-0.3, -0.25) is 4.98 Å². The highest BCUT2D eigenvalue weighted by Crippen LogP contribution is 2.18. The second-order valence-corrected chi connectivity index (χ2v) is 5.25. The molecule has 0 unspecified atom stereocenters. The third-order valence-corrected chi connectivity index (χ3v) is 3.31. The van der Waals surface area contributed by atoms with Crippen molar-refractivity contribution in [1.29, 1.82) is 0 Å². The average Bonchev–Trinajstić information content (AvgIpc) is 2.47. The maximum Gasteiger partial charge on any atom is 0.328 e. The van der Waals surface area contributed by atoms with E-state index in [1.54, 1.807) is 0 Å². The van der Waals surface area contributed by atoms with Crippen LogP contribution in [0.4, 0.5) is 5.69 Å². The Morgan fingerprint density at radius 2 is 2.14 bits per heavy atom. The molecule has 0 fully saturated rings. The van der Waals surface area contributed by atoms with E-state index in [4.69, 9.17) is 4.74 Å². The van der Waals surface area contributed by atoms with E-state index in [0.717, 1.165) is 35.1 Å². The molecule has 0 spiro atoms. The summed E-state index contributed by atoms with van der Waals surface area (Å²) < 4.78 is 5.21. The highest BCUT2D eigenvalue weighted by Gasteiger charge is 2.14. The molecule has 0 saturated heterocycles. The minimum absolute atomic E-state index is 0.217. The summed E-state index contributed by atoms with van der Waals surface area (Å²) in [4.78, 5) is 16.3. The lowest BCUT2D eigenvalue weighted by atomic mass is 10.1. The van der Waals surface area contributed by atoms with Crippen LogP contribution in [0.3, 0.4) is 0 Å². The first-order valence-corrected chi connectivity index (χ1v) is 7.40. The summed E-state index contributed by atoms with van der Waals surface area (Å²) in [6, 6.07) is 9.54. The number of benzene rings is 1. The Bertz CT molecular complexity index is 625. The van der Waals surface area contributed by atoms with E-state index in [1.807, 2.05) is 44.2 Å². The molecule has 0 radical (unpaired) electrons. The van der Waals surface area contributed by atoms with Crippen molar-refractivity contribution < 1.29 is 9.53 Å². The van der Waals surface area contributed by atoms with Crippen LogP contribution < -0.4 is 5.32 Å². The van der Waals surface area contributed by atoms with Crippen molar-refractivity contribution in [3.8, 4) is 0 Å². The fraction of sp³-hybridized carbons (Fsp3) is 0.412. The van der Waals surface area contributed by atoms with Gasteiger partial charge in [-0.2, -0.15) is 0 Å². The monoisotopic (exact) mass is 286 g/mol. The normalized spacial score (nSPS) is 12.1. The summed E-state index contributed by atoms with van der Waals surface area (Å²) in [5.74, 6) is -0.217. The molecular formula is C17H22N2O2. The lowest BCUT2D eigenvalue weighted by Crippen LogP contribution is -2.28. The standard InChI is InChI=1S/C17H22N2O2/c1-4-5-10-21-17(20)13(3)19-15-8-9-16-14(11-15)7-6-12(2)18-16/h6-9,11,13,19H,4-5,10H2,1-3H3/t13-/m0/s1. The fourth-order valence-corrected chi connectivity index (χ4v) is 2.07. The zero-order valence-electron chi connectivity index (χ0n) is 12.8. The van der Waals surface area contributed by atoms with Crippen LogP contribution in [-0.2, 0) is 9.53 Å². The van der Waals surface area contributed by atoms with E-state index in [9.17, 15) is 4.79 Å². The quantitative estimate of drug-likeness (QED) is 0.650. The maximum atomic E-state index is 11.8. The Labute approximate surface area is 125 Å². The van der Waals surface area contributed by atoms with Crippen LogP contribution in [0.15, 0.2) is 30.3 Å². The second kappa shape index (κ2) is 7.07. The number of nitrogens with one attached hydrogen (secondary N) is 1. The summed E-state index contributed by atoms with van der Waals surface area (Å²) in [7, 11) is 0. The first-order valence-electron chi connectivity index (χ1n) is 7.40. The summed E-state index contributed by atoms with van der Waals surface area (Å²) in [6.45, 7) is 6.34. The van der Waals surface area contributed by atoms with E-state index < -0.39 is 0 Å². The molecule has 2 rings (SSSR count). The number of esters is 1. The summed E-state index contributed by atoms with van der Waals surface area (Å²) in [5, 5.41) is 4.23. The first-order chi connectivity index (χ1) is 10.1. The molecule has 0 amide bonds. The van der Waals surface area contributed by atoms with Gasteiger partial charge >= 0.3 is 5.97 Å². The van der Waals surface area contributed by atoms with E-state index >= 15 is 0 Å². The number of rotatable bonds is 6. The molecule has 112 valence electrons. The predicted molar refractivity (Wildman–Crippen MR) is 85.4 cm³/mol. The van der Waals surface area contributed by atoms with E-state index in [1.165, 1.54) is 0 Å². The number of aromatic nitrogens is 1. The molecule has 4 heteroatoms. The van der Waals surface area contributed by atoms with Gasteiger partial charge in [0.25, 0.3) is 0 Å². The number of hydrogen-bond donors (Lipinski definition) is 1. The smallest absolute Gasteiger partial charge is 0.328 e. The summed E-state index contributed by atoms with van der Waals surface area (Å²) >= 11 is 0. The molecule has 4 nitrogen and oxygen atoms in total. The van der Waals surface area contributed by atoms with Crippen molar-refractivity contribution in [3.05, 3.63) is 36.0 Å². The van der Waals surface area contributed by atoms with E-state index in [2.05, 4.69) is 17.2 Å². The highest BCUT2D eigenvalue weighted by atomic mass is 16.5. The van der Waals surface area contributed by atoms with Crippen molar-refractivity contribution in [2.24, 2.45) is 0 Å². The van der Waals surface area contributed by atoms with Crippen molar-refractivity contribution in [2.75, 3.05) is 11.9 Å². The number of anilines is 1. The average molecular weight is 286 g/mol. The van der Waals surface area contributed by atoms with Gasteiger partial charge in [0.2, 0.25) is 0 Å². The first kappa shape index (κ1) is 15.3. The molecule has 0 aliphatic carbocycles. The number of carbonyl (C=O) groups is 1. The molecule has 1 N–H and O–H groups in total. The predicted octanol–water partition coefficient (Wildman–Crippen LogP) is 3.69. The Hall–Kier alpha value is -2.10. The highest BCUT2D eigenvalue weighted by molar-refractivity contribution is 5.84. The van der Waals surface area contributed by atoms with Crippen LogP contribution in [-0.4, -0.2) is 23.6 Å². The lowest BCUT2D eigenvalue weighted by Gasteiger charge is -2.15. The van der Waals surface area contributed by atoms with Crippen molar-refractivity contribution >= 4 is 22.6 Å². The third kappa shape index (κ3) is 4.18. The molecular weight excluding hydrogens is 264 g/mol. The minimum atomic E-state index is -0.363. The summed E-state index contributed by atoms with van der Waals surface area (Å²) in [5.41, 5.74) is 2.85. The fourth-order valence-electron chi connectivity index (χ4n) is 2.07. The van der Waals surface area contributed by atoms with Crippen molar-refractivity contribution in [3.63, 3.8) is 0 Å². The molecule has 1 aromatic heterocycles. The molecule has 0 saturated carbocycles. The van der Waals surface area contributed by atoms with Crippen LogP contribution in [0.2, 0.25) is 0 Å². The molecule has 21 heavy (non-hydrogen) atoms. The molecule has 0 bridgehead atoms. The van der Waals surface area contributed by atoms with Crippen LogP contribution in [0.1, 0.15) is 32.4 Å². The largest absolute Gasteiger partial charge is 0.464 e.